The first kappa shape index (κ1) is 12.1. The molecular formula is C12H16ClNO. The van der Waals surface area contributed by atoms with Crippen LogP contribution in [0.1, 0.15) is 12.0 Å². The SMILES string of the molecule is COc1cccc(C2=CCNCC2)c1.Cl. The Balaban J connectivity index is 0.00000112. The lowest BCUT2D eigenvalue weighted by atomic mass is 10.0. The largest absolute Gasteiger partial charge is 0.497 e. The van der Waals surface area contributed by atoms with Gasteiger partial charge in [0.1, 0.15) is 5.75 Å². The van der Waals surface area contributed by atoms with E-state index in [1.54, 1.807) is 7.11 Å². The van der Waals surface area contributed by atoms with E-state index in [-0.39, 0.29) is 12.4 Å². The van der Waals surface area contributed by atoms with Gasteiger partial charge in [-0.05, 0) is 36.2 Å². The van der Waals surface area contributed by atoms with Crippen LogP contribution >= 0.6 is 12.4 Å². The van der Waals surface area contributed by atoms with Crippen LogP contribution in [-0.2, 0) is 0 Å². The van der Waals surface area contributed by atoms with E-state index >= 15 is 0 Å². The molecule has 0 saturated heterocycles. The quantitative estimate of drug-likeness (QED) is 0.835. The van der Waals surface area contributed by atoms with E-state index in [9.17, 15) is 0 Å². The first-order valence-corrected chi connectivity index (χ1v) is 4.94. The molecule has 1 heterocycles. The lowest BCUT2D eigenvalue weighted by Gasteiger charge is -2.14. The molecule has 1 N–H and O–H groups in total. The fraction of sp³-hybridized carbons (Fsp3) is 0.333. The third-order valence-corrected chi connectivity index (χ3v) is 2.50. The maximum atomic E-state index is 5.20. The molecule has 0 saturated carbocycles. The van der Waals surface area contributed by atoms with Gasteiger partial charge in [-0.1, -0.05) is 18.2 Å². The van der Waals surface area contributed by atoms with Gasteiger partial charge in [0.15, 0.2) is 0 Å². The number of rotatable bonds is 2. The summed E-state index contributed by atoms with van der Waals surface area (Å²) in [5.74, 6) is 0.932. The number of halogens is 1. The van der Waals surface area contributed by atoms with Crippen LogP contribution in [0, 0.1) is 0 Å². The van der Waals surface area contributed by atoms with Crippen LogP contribution in [0.3, 0.4) is 0 Å². The van der Waals surface area contributed by atoms with Crippen molar-refractivity contribution in [3.8, 4) is 5.75 Å². The minimum Gasteiger partial charge on any atom is -0.497 e. The summed E-state index contributed by atoms with van der Waals surface area (Å²) in [6.07, 6.45) is 3.35. The van der Waals surface area contributed by atoms with Gasteiger partial charge in [-0.15, -0.1) is 12.4 Å². The molecule has 1 aromatic rings. The Morgan fingerprint density at radius 3 is 2.87 bits per heavy atom. The normalized spacial score (nSPS) is 15.1. The molecule has 0 unspecified atom stereocenters. The molecule has 1 aliphatic rings. The van der Waals surface area contributed by atoms with Crippen molar-refractivity contribution in [1.29, 1.82) is 0 Å². The zero-order chi connectivity index (χ0) is 9.80. The fourth-order valence-electron chi connectivity index (χ4n) is 1.71. The van der Waals surface area contributed by atoms with Crippen molar-refractivity contribution in [3.63, 3.8) is 0 Å². The summed E-state index contributed by atoms with van der Waals surface area (Å²) in [6.45, 7) is 2.05. The highest BCUT2D eigenvalue weighted by atomic mass is 35.5. The van der Waals surface area contributed by atoms with Crippen LogP contribution < -0.4 is 10.1 Å². The summed E-state index contributed by atoms with van der Waals surface area (Å²) in [7, 11) is 1.70. The second kappa shape index (κ2) is 5.79. The van der Waals surface area contributed by atoms with Crippen molar-refractivity contribution in [2.45, 2.75) is 6.42 Å². The summed E-state index contributed by atoms with van der Waals surface area (Å²) in [6, 6.07) is 8.25. The predicted octanol–water partition coefficient (Wildman–Crippen LogP) is 2.49. The van der Waals surface area contributed by atoms with Gasteiger partial charge >= 0.3 is 0 Å². The minimum absolute atomic E-state index is 0. The Labute approximate surface area is 96.7 Å². The molecular weight excluding hydrogens is 210 g/mol. The van der Waals surface area contributed by atoms with Crippen molar-refractivity contribution < 1.29 is 4.74 Å². The molecule has 2 nitrogen and oxygen atoms in total. The summed E-state index contributed by atoms with van der Waals surface area (Å²) in [5, 5.41) is 3.31. The fourth-order valence-corrected chi connectivity index (χ4v) is 1.71. The maximum Gasteiger partial charge on any atom is 0.119 e. The van der Waals surface area contributed by atoms with E-state index in [0.717, 1.165) is 25.3 Å². The summed E-state index contributed by atoms with van der Waals surface area (Å²) < 4.78 is 5.20. The van der Waals surface area contributed by atoms with Crippen molar-refractivity contribution in [2.24, 2.45) is 0 Å². The molecule has 0 aromatic heterocycles. The summed E-state index contributed by atoms with van der Waals surface area (Å²) in [4.78, 5) is 0. The van der Waals surface area contributed by atoms with E-state index in [1.807, 2.05) is 12.1 Å². The van der Waals surface area contributed by atoms with Gasteiger partial charge in [-0.25, -0.2) is 0 Å². The standard InChI is InChI=1S/C12H15NO.ClH/c1-14-12-4-2-3-11(9-12)10-5-7-13-8-6-10;/h2-5,9,13H,6-8H2,1H3;1H. The van der Waals surface area contributed by atoms with Crippen molar-refractivity contribution in [3.05, 3.63) is 35.9 Å². The Morgan fingerprint density at radius 2 is 2.20 bits per heavy atom. The molecule has 0 bridgehead atoms. The molecule has 0 amide bonds. The smallest absolute Gasteiger partial charge is 0.119 e. The highest BCUT2D eigenvalue weighted by Gasteiger charge is 2.05. The second-order valence-corrected chi connectivity index (χ2v) is 3.42. The van der Waals surface area contributed by atoms with Gasteiger partial charge in [0, 0.05) is 6.54 Å². The Morgan fingerprint density at radius 1 is 1.33 bits per heavy atom. The van der Waals surface area contributed by atoms with Gasteiger partial charge in [0.05, 0.1) is 7.11 Å². The average molecular weight is 226 g/mol. The lowest BCUT2D eigenvalue weighted by molar-refractivity contribution is 0.414. The van der Waals surface area contributed by atoms with Crippen LogP contribution in [0.25, 0.3) is 5.57 Å². The monoisotopic (exact) mass is 225 g/mol. The first-order valence-electron chi connectivity index (χ1n) is 4.94. The van der Waals surface area contributed by atoms with Gasteiger partial charge < -0.3 is 10.1 Å². The molecule has 0 aliphatic carbocycles. The van der Waals surface area contributed by atoms with Crippen LogP contribution in [0.15, 0.2) is 30.3 Å². The average Bonchev–Trinajstić information content (AvgIpc) is 2.30. The highest BCUT2D eigenvalue weighted by Crippen LogP contribution is 2.23. The lowest BCUT2D eigenvalue weighted by Crippen LogP contribution is -2.19. The van der Waals surface area contributed by atoms with Crippen molar-refractivity contribution in [1.82, 2.24) is 5.32 Å². The zero-order valence-electron chi connectivity index (χ0n) is 8.82. The number of hydrogen-bond acceptors (Lipinski definition) is 2. The predicted molar refractivity (Wildman–Crippen MR) is 65.7 cm³/mol. The number of ether oxygens (including phenoxy) is 1. The topological polar surface area (TPSA) is 21.3 Å². The molecule has 3 heteroatoms. The van der Waals surface area contributed by atoms with Gasteiger partial charge in [-0.3, -0.25) is 0 Å². The molecule has 2 rings (SSSR count). The van der Waals surface area contributed by atoms with E-state index in [1.165, 1.54) is 11.1 Å². The first-order chi connectivity index (χ1) is 6.90. The zero-order valence-corrected chi connectivity index (χ0v) is 9.64. The van der Waals surface area contributed by atoms with E-state index in [2.05, 4.69) is 23.5 Å². The van der Waals surface area contributed by atoms with Gasteiger partial charge in [-0.2, -0.15) is 0 Å². The molecule has 0 atom stereocenters. The third-order valence-electron chi connectivity index (χ3n) is 2.50. The van der Waals surface area contributed by atoms with E-state index in [4.69, 9.17) is 4.74 Å². The Hall–Kier alpha value is -0.990. The number of benzene rings is 1. The molecule has 0 fully saturated rings. The van der Waals surface area contributed by atoms with Gasteiger partial charge in [0.2, 0.25) is 0 Å². The van der Waals surface area contributed by atoms with Crippen LogP contribution in [0.5, 0.6) is 5.75 Å². The molecule has 1 aromatic carbocycles. The number of hydrogen-bond donors (Lipinski definition) is 1. The van der Waals surface area contributed by atoms with Crippen LogP contribution in [0.4, 0.5) is 0 Å². The molecule has 82 valence electrons. The molecule has 15 heavy (non-hydrogen) atoms. The van der Waals surface area contributed by atoms with Crippen LogP contribution in [0.2, 0.25) is 0 Å². The Bertz CT molecular complexity index is 349. The van der Waals surface area contributed by atoms with Crippen molar-refractivity contribution >= 4 is 18.0 Å². The highest BCUT2D eigenvalue weighted by molar-refractivity contribution is 5.85. The maximum absolute atomic E-state index is 5.20. The van der Waals surface area contributed by atoms with E-state index < -0.39 is 0 Å². The number of nitrogens with one attached hydrogen (secondary N) is 1. The summed E-state index contributed by atoms with van der Waals surface area (Å²) >= 11 is 0. The Kier molecular flexibility index (Phi) is 4.66. The molecule has 0 spiro atoms. The minimum atomic E-state index is 0. The second-order valence-electron chi connectivity index (χ2n) is 3.42. The van der Waals surface area contributed by atoms with Crippen LogP contribution in [-0.4, -0.2) is 20.2 Å². The molecule has 0 radical (unpaired) electrons. The third kappa shape index (κ3) is 2.98. The van der Waals surface area contributed by atoms with E-state index in [0.29, 0.717) is 0 Å². The summed E-state index contributed by atoms with van der Waals surface area (Å²) in [5.41, 5.74) is 2.70. The molecule has 1 aliphatic heterocycles. The van der Waals surface area contributed by atoms with Gasteiger partial charge in [0.25, 0.3) is 0 Å². The number of methoxy groups -OCH3 is 1. The van der Waals surface area contributed by atoms with Crippen molar-refractivity contribution in [2.75, 3.05) is 20.2 Å².